The van der Waals surface area contributed by atoms with E-state index in [1.54, 1.807) is 6.33 Å². The highest BCUT2D eigenvalue weighted by molar-refractivity contribution is 5.28. The fourth-order valence-electron chi connectivity index (χ4n) is 2.57. The molecule has 0 bridgehead atoms. The van der Waals surface area contributed by atoms with Gasteiger partial charge in [0.25, 0.3) is 0 Å². The molecular weight excluding hydrogens is 202 g/mol. The van der Waals surface area contributed by atoms with E-state index in [2.05, 4.69) is 15.3 Å². The predicted octanol–water partition coefficient (Wildman–Crippen LogP) is 1.36. The van der Waals surface area contributed by atoms with Crippen LogP contribution in [-0.2, 0) is 17.8 Å². The van der Waals surface area contributed by atoms with Crippen molar-refractivity contribution < 1.29 is 4.74 Å². The van der Waals surface area contributed by atoms with Gasteiger partial charge < -0.3 is 10.1 Å². The molecule has 1 aromatic heterocycles. The van der Waals surface area contributed by atoms with E-state index in [0.29, 0.717) is 12.6 Å². The van der Waals surface area contributed by atoms with Crippen LogP contribution < -0.4 is 5.32 Å². The van der Waals surface area contributed by atoms with Crippen molar-refractivity contribution >= 4 is 0 Å². The molecule has 1 saturated heterocycles. The van der Waals surface area contributed by atoms with Crippen LogP contribution in [0.4, 0.5) is 0 Å². The first kappa shape index (κ1) is 10.2. The highest BCUT2D eigenvalue weighted by atomic mass is 16.5. The summed E-state index contributed by atoms with van der Waals surface area (Å²) in [5, 5.41) is 3.54. The Balaban J connectivity index is 1.93. The maximum Gasteiger partial charge on any atom is 0.116 e. The molecule has 16 heavy (non-hydrogen) atoms. The molecule has 1 fully saturated rings. The van der Waals surface area contributed by atoms with Crippen molar-refractivity contribution in [2.24, 2.45) is 0 Å². The van der Waals surface area contributed by atoms with Crippen LogP contribution in [0.3, 0.4) is 0 Å². The summed E-state index contributed by atoms with van der Waals surface area (Å²) < 4.78 is 5.52. The molecule has 3 heterocycles. The van der Waals surface area contributed by atoms with Gasteiger partial charge in [0.2, 0.25) is 0 Å². The number of ether oxygens (including phenoxy) is 1. The molecule has 0 amide bonds. The van der Waals surface area contributed by atoms with Crippen LogP contribution >= 0.6 is 0 Å². The third-order valence-corrected chi connectivity index (χ3v) is 3.44. The van der Waals surface area contributed by atoms with Crippen LogP contribution in [0.25, 0.3) is 0 Å². The first-order valence-corrected chi connectivity index (χ1v) is 6.09. The molecule has 2 aliphatic heterocycles. The summed E-state index contributed by atoms with van der Waals surface area (Å²) in [4.78, 5) is 8.82. The summed E-state index contributed by atoms with van der Waals surface area (Å²) in [7, 11) is 0. The molecule has 0 saturated carbocycles. The lowest BCUT2D eigenvalue weighted by atomic mass is 9.96. The van der Waals surface area contributed by atoms with E-state index in [-0.39, 0.29) is 0 Å². The number of nitrogens with zero attached hydrogens (tertiary/aromatic N) is 2. The number of piperidine rings is 1. The molecule has 0 aliphatic carbocycles. The Morgan fingerprint density at radius 3 is 3.19 bits per heavy atom. The molecular formula is C12H17N3O. The zero-order chi connectivity index (χ0) is 10.8. The molecule has 1 atom stereocenters. The lowest BCUT2D eigenvalue weighted by Gasteiger charge is -2.26. The van der Waals surface area contributed by atoms with E-state index in [1.165, 1.54) is 36.2 Å². The van der Waals surface area contributed by atoms with Gasteiger partial charge in [0.05, 0.1) is 24.6 Å². The summed E-state index contributed by atoms with van der Waals surface area (Å²) in [5.41, 5.74) is 3.58. The molecule has 0 radical (unpaired) electrons. The van der Waals surface area contributed by atoms with E-state index in [0.717, 1.165) is 19.6 Å². The molecule has 4 nitrogen and oxygen atoms in total. The average molecular weight is 219 g/mol. The SMILES string of the molecule is c1nc2c(c(C3CCCCN3)n1)COCC2. The number of rotatable bonds is 1. The van der Waals surface area contributed by atoms with Crippen LogP contribution in [0.15, 0.2) is 6.33 Å². The second-order valence-electron chi connectivity index (χ2n) is 4.49. The third kappa shape index (κ3) is 1.83. The Labute approximate surface area is 95.4 Å². The minimum Gasteiger partial charge on any atom is -0.376 e. The fraction of sp³-hybridized carbons (Fsp3) is 0.667. The maximum atomic E-state index is 5.52. The standard InChI is InChI=1S/C12H17N3O/c1-2-5-13-11(3-1)12-9-7-16-6-4-10(9)14-8-15-12/h8,11,13H,1-7H2. The summed E-state index contributed by atoms with van der Waals surface area (Å²) in [5.74, 6) is 0. The third-order valence-electron chi connectivity index (χ3n) is 3.44. The van der Waals surface area contributed by atoms with Crippen molar-refractivity contribution in [3.05, 3.63) is 23.3 Å². The zero-order valence-electron chi connectivity index (χ0n) is 9.41. The van der Waals surface area contributed by atoms with Crippen LogP contribution in [-0.4, -0.2) is 23.1 Å². The van der Waals surface area contributed by atoms with Gasteiger partial charge in [-0.1, -0.05) is 6.42 Å². The van der Waals surface area contributed by atoms with Gasteiger partial charge in [-0.3, -0.25) is 0 Å². The zero-order valence-corrected chi connectivity index (χ0v) is 9.41. The molecule has 1 unspecified atom stereocenters. The molecule has 1 N–H and O–H groups in total. The van der Waals surface area contributed by atoms with Gasteiger partial charge in [0.1, 0.15) is 6.33 Å². The van der Waals surface area contributed by atoms with Gasteiger partial charge in [-0.15, -0.1) is 0 Å². The number of hydrogen-bond donors (Lipinski definition) is 1. The van der Waals surface area contributed by atoms with Crippen molar-refractivity contribution in [1.82, 2.24) is 15.3 Å². The second-order valence-corrected chi connectivity index (χ2v) is 4.49. The molecule has 0 aromatic carbocycles. The fourth-order valence-corrected chi connectivity index (χ4v) is 2.57. The smallest absolute Gasteiger partial charge is 0.116 e. The normalized spacial score (nSPS) is 25.1. The number of hydrogen-bond acceptors (Lipinski definition) is 4. The molecule has 4 heteroatoms. The van der Waals surface area contributed by atoms with Crippen LogP contribution in [0, 0.1) is 0 Å². The maximum absolute atomic E-state index is 5.52. The molecule has 2 aliphatic rings. The van der Waals surface area contributed by atoms with Crippen molar-refractivity contribution in [3.8, 4) is 0 Å². The Hall–Kier alpha value is -1.00. The predicted molar refractivity (Wildman–Crippen MR) is 60.0 cm³/mol. The average Bonchev–Trinajstić information content (AvgIpc) is 2.39. The highest BCUT2D eigenvalue weighted by Gasteiger charge is 2.23. The largest absolute Gasteiger partial charge is 0.376 e. The number of fused-ring (bicyclic) bond motifs is 1. The van der Waals surface area contributed by atoms with E-state index in [4.69, 9.17) is 4.74 Å². The first-order valence-electron chi connectivity index (χ1n) is 6.09. The van der Waals surface area contributed by atoms with E-state index in [1.807, 2.05) is 0 Å². The molecule has 0 spiro atoms. The summed E-state index contributed by atoms with van der Waals surface area (Å²) in [6.07, 6.45) is 6.38. The Kier molecular flexibility index (Phi) is 2.84. The first-order chi connectivity index (χ1) is 7.95. The van der Waals surface area contributed by atoms with Crippen LogP contribution in [0.1, 0.15) is 42.3 Å². The minimum absolute atomic E-state index is 0.409. The minimum atomic E-state index is 0.409. The number of aromatic nitrogens is 2. The Bertz CT molecular complexity index is 375. The molecule has 1 aromatic rings. The lowest BCUT2D eigenvalue weighted by Crippen LogP contribution is -2.29. The van der Waals surface area contributed by atoms with Crippen LogP contribution in [0.2, 0.25) is 0 Å². The van der Waals surface area contributed by atoms with Crippen molar-refractivity contribution in [2.45, 2.75) is 38.3 Å². The quantitative estimate of drug-likeness (QED) is 0.774. The van der Waals surface area contributed by atoms with Gasteiger partial charge >= 0.3 is 0 Å². The van der Waals surface area contributed by atoms with Gasteiger partial charge in [0, 0.05) is 18.0 Å². The number of nitrogens with one attached hydrogen (secondary N) is 1. The van der Waals surface area contributed by atoms with Crippen LogP contribution in [0.5, 0.6) is 0 Å². The molecule has 3 rings (SSSR count). The van der Waals surface area contributed by atoms with E-state index < -0.39 is 0 Å². The van der Waals surface area contributed by atoms with Crippen molar-refractivity contribution in [2.75, 3.05) is 13.2 Å². The van der Waals surface area contributed by atoms with Gasteiger partial charge in [-0.2, -0.15) is 0 Å². The van der Waals surface area contributed by atoms with Gasteiger partial charge in [0.15, 0.2) is 0 Å². The van der Waals surface area contributed by atoms with Crippen molar-refractivity contribution in [3.63, 3.8) is 0 Å². The summed E-state index contributed by atoms with van der Waals surface area (Å²) in [6.45, 7) is 2.58. The second kappa shape index (κ2) is 4.47. The Morgan fingerprint density at radius 2 is 2.31 bits per heavy atom. The van der Waals surface area contributed by atoms with Gasteiger partial charge in [-0.25, -0.2) is 9.97 Å². The monoisotopic (exact) mass is 219 g/mol. The van der Waals surface area contributed by atoms with Crippen molar-refractivity contribution in [1.29, 1.82) is 0 Å². The Morgan fingerprint density at radius 1 is 1.31 bits per heavy atom. The summed E-state index contributed by atoms with van der Waals surface area (Å²) >= 11 is 0. The topological polar surface area (TPSA) is 47.0 Å². The highest BCUT2D eigenvalue weighted by Crippen LogP contribution is 2.27. The lowest BCUT2D eigenvalue weighted by molar-refractivity contribution is 0.107. The van der Waals surface area contributed by atoms with Gasteiger partial charge in [-0.05, 0) is 19.4 Å². The molecule has 86 valence electrons. The van der Waals surface area contributed by atoms with E-state index in [9.17, 15) is 0 Å². The summed E-state index contributed by atoms with van der Waals surface area (Å²) in [6, 6.07) is 0.409. The van der Waals surface area contributed by atoms with E-state index >= 15 is 0 Å².